The van der Waals surface area contributed by atoms with Crippen LogP contribution in [0.2, 0.25) is 0 Å². The van der Waals surface area contributed by atoms with Gasteiger partial charge >= 0.3 is 11.9 Å². The van der Waals surface area contributed by atoms with Crippen molar-refractivity contribution in [1.29, 1.82) is 0 Å². The zero-order chi connectivity index (χ0) is 27.3. The van der Waals surface area contributed by atoms with E-state index in [9.17, 15) is 24.6 Å². The summed E-state index contributed by atoms with van der Waals surface area (Å²) in [4.78, 5) is 34.2. The van der Waals surface area contributed by atoms with Gasteiger partial charge in [-0.3, -0.25) is 9.59 Å². The summed E-state index contributed by atoms with van der Waals surface area (Å²) in [6, 6.07) is 4.25. The number of phenols is 1. The molecular weight excluding hydrogens is 460 g/mol. The number of phenolic OH excluding ortho intramolecular Hbond substituents is 1. The first-order valence-corrected chi connectivity index (χ1v) is 12.3. The number of carboxylic acids is 2. The van der Waals surface area contributed by atoms with Gasteiger partial charge in [-0.15, -0.1) is 0 Å². The van der Waals surface area contributed by atoms with E-state index in [0.717, 1.165) is 29.6 Å². The summed E-state index contributed by atoms with van der Waals surface area (Å²) in [5.41, 5.74) is 2.45. The second-order valence-corrected chi connectivity index (χ2v) is 9.69. The van der Waals surface area contributed by atoms with Crippen molar-refractivity contribution < 1.29 is 34.8 Å². The summed E-state index contributed by atoms with van der Waals surface area (Å²) < 4.78 is 0. The van der Waals surface area contributed by atoms with Crippen LogP contribution < -0.4 is 0 Å². The minimum Gasteiger partial charge on any atom is -0.508 e. The van der Waals surface area contributed by atoms with Crippen LogP contribution in [0.5, 0.6) is 5.75 Å². The molecule has 4 N–H and O–H groups in total. The second kappa shape index (κ2) is 15.0. The summed E-state index contributed by atoms with van der Waals surface area (Å²) in [6.45, 7) is 7.35. The topological polar surface area (TPSA) is 132 Å². The zero-order valence-electron chi connectivity index (χ0n) is 21.8. The number of aromatic carboxylic acids is 1. The monoisotopic (exact) mass is 500 g/mol. The van der Waals surface area contributed by atoms with Gasteiger partial charge in [0.25, 0.3) is 0 Å². The predicted octanol–water partition coefficient (Wildman–Crippen LogP) is 6.00. The number of ketones is 1. The molecule has 0 saturated heterocycles. The molecule has 36 heavy (non-hydrogen) atoms. The van der Waals surface area contributed by atoms with Crippen molar-refractivity contribution in [3.05, 3.63) is 64.3 Å². The predicted molar refractivity (Wildman–Crippen MR) is 140 cm³/mol. The Balaban J connectivity index is 2.45. The lowest BCUT2D eigenvalue weighted by Gasteiger charge is -2.22. The maximum Gasteiger partial charge on any atom is 0.335 e. The lowest BCUT2D eigenvalue weighted by Crippen LogP contribution is -2.34. The molecule has 1 rings (SSSR count). The normalized spacial score (nSPS) is 14.4. The maximum atomic E-state index is 12.5. The molecule has 0 aromatic heterocycles. The second-order valence-electron chi connectivity index (χ2n) is 9.69. The van der Waals surface area contributed by atoms with Gasteiger partial charge in [0.05, 0.1) is 12.0 Å². The Morgan fingerprint density at radius 3 is 2.17 bits per heavy atom. The molecule has 0 unspecified atom stereocenters. The number of aromatic hydroxyl groups is 1. The number of aliphatic carboxylic acids is 1. The van der Waals surface area contributed by atoms with Crippen molar-refractivity contribution in [3.63, 3.8) is 0 Å². The molecule has 0 spiro atoms. The van der Waals surface area contributed by atoms with Gasteiger partial charge in [0.2, 0.25) is 0 Å². The van der Waals surface area contributed by atoms with Gasteiger partial charge in [-0.1, -0.05) is 34.9 Å². The van der Waals surface area contributed by atoms with Crippen LogP contribution in [0.25, 0.3) is 0 Å². The van der Waals surface area contributed by atoms with E-state index >= 15 is 0 Å². The van der Waals surface area contributed by atoms with E-state index in [4.69, 9.17) is 10.2 Å². The number of hydrogen-bond acceptors (Lipinski definition) is 5. The van der Waals surface area contributed by atoms with E-state index in [1.807, 2.05) is 26.8 Å². The van der Waals surface area contributed by atoms with Crippen LogP contribution in [0.3, 0.4) is 0 Å². The zero-order valence-corrected chi connectivity index (χ0v) is 21.8. The van der Waals surface area contributed by atoms with E-state index in [0.29, 0.717) is 37.7 Å². The molecule has 0 aliphatic rings. The molecule has 0 aliphatic carbocycles. The van der Waals surface area contributed by atoms with Gasteiger partial charge in [-0.25, -0.2) is 4.79 Å². The third-order valence-electron chi connectivity index (χ3n) is 6.24. The Labute approximate surface area is 213 Å². The first-order valence-electron chi connectivity index (χ1n) is 12.3. The average Bonchev–Trinajstić information content (AvgIpc) is 2.80. The van der Waals surface area contributed by atoms with Crippen LogP contribution in [0.1, 0.15) is 95.0 Å². The molecular formula is C29H40O7. The van der Waals surface area contributed by atoms with Crippen LogP contribution >= 0.6 is 0 Å². The lowest BCUT2D eigenvalue weighted by molar-refractivity contribution is -0.136. The Kier molecular flexibility index (Phi) is 12.9. The molecule has 0 saturated carbocycles. The fraction of sp³-hybridized carbons (Fsp3) is 0.483. The number of rotatable bonds is 16. The summed E-state index contributed by atoms with van der Waals surface area (Å²) in [6.07, 6.45) is 10.2. The number of Topliss-reactive ketones (excluding diaryl/α,β-unsaturated/α-hetero) is 1. The number of carboxylic acid groups (broad SMARTS) is 2. The minimum absolute atomic E-state index is 0.0215. The Morgan fingerprint density at radius 1 is 0.889 bits per heavy atom. The highest BCUT2D eigenvalue weighted by atomic mass is 16.4. The van der Waals surface area contributed by atoms with E-state index in [-0.39, 0.29) is 29.9 Å². The van der Waals surface area contributed by atoms with Gasteiger partial charge in [0, 0.05) is 6.42 Å². The highest BCUT2D eigenvalue weighted by Crippen LogP contribution is 2.22. The summed E-state index contributed by atoms with van der Waals surface area (Å²) in [7, 11) is 0. The highest BCUT2D eigenvalue weighted by molar-refractivity contribution is 5.88. The minimum atomic E-state index is -1.39. The maximum absolute atomic E-state index is 12.5. The van der Waals surface area contributed by atoms with E-state index < -0.39 is 17.5 Å². The molecule has 1 aromatic rings. The number of allylic oxidation sites excluding steroid dienone is 5. The van der Waals surface area contributed by atoms with E-state index in [1.54, 1.807) is 13.0 Å². The standard InChI is InChI=1S/C29H40O7/c1-20(10-13-23-19-24(28(34)35)14-15-25(23)30)7-5-8-21(2)11-16-26(31)29(4,36)18-6-9-22(3)12-17-27(32)33/h8,10,12,14-15,19,30,36H,5-7,9,11,13,16-18H2,1-4H3,(H,32,33)(H,34,35)/b20-10+,21-8+,22-12-/t29-/m1/s1. The van der Waals surface area contributed by atoms with Crippen LogP contribution in [-0.4, -0.2) is 43.7 Å². The van der Waals surface area contributed by atoms with Crippen molar-refractivity contribution in [3.8, 4) is 5.75 Å². The molecule has 0 aliphatic heterocycles. The van der Waals surface area contributed by atoms with Crippen molar-refractivity contribution in [1.82, 2.24) is 0 Å². The largest absolute Gasteiger partial charge is 0.508 e. The van der Waals surface area contributed by atoms with Gasteiger partial charge in [0.15, 0.2) is 5.78 Å². The Hall–Kier alpha value is -3.19. The third-order valence-corrected chi connectivity index (χ3v) is 6.24. The Morgan fingerprint density at radius 2 is 1.53 bits per heavy atom. The van der Waals surface area contributed by atoms with E-state index in [1.165, 1.54) is 18.2 Å². The van der Waals surface area contributed by atoms with Crippen LogP contribution in [-0.2, 0) is 16.0 Å². The average molecular weight is 501 g/mol. The summed E-state index contributed by atoms with van der Waals surface area (Å²) in [5, 5.41) is 38.3. The van der Waals surface area contributed by atoms with Gasteiger partial charge in [0.1, 0.15) is 11.4 Å². The highest BCUT2D eigenvalue weighted by Gasteiger charge is 2.28. The lowest BCUT2D eigenvalue weighted by atomic mass is 9.89. The number of aliphatic hydroxyl groups is 1. The Bertz CT molecular complexity index is 1010. The molecule has 1 atom stereocenters. The van der Waals surface area contributed by atoms with Gasteiger partial charge in [-0.05, 0) is 96.4 Å². The van der Waals surface area contributed by atoms with Crippen molar-refractivity contribution >= 4 is 17.7 Å². The van der Waals surface area contributed by atoms with Crippen molar-refractivity contribution in [2.24, 2.45) is 0 Å². The molecule has 0 bridgehead atoms. The quantitative estimate of drug-likeness (QED) is 0.205. The molecule has 198 valence electrons. The van der Waals surface area contributed by atoms with Crippen molar-refractivity contribution in [2.45, 2.75) is 91.1 Å². The summed E-state index contributed by atoms with van der Waals surface area (Å²) >= 11 is 0. The summed E-state index contributed by atoms with van der Waals surface area (Å²) in [5.74, 6) is -2.03. The molecule has 7 heteroatoms. The first kappa shape index (κ1) is 30.8. The van der Waals surface area contributed by atoms with E-state index in [2.05, 4.69) is 6.08 Å². The van der Waals surface area contributed by atoms with Gasteiger partial charge in [-0.2, -0.15) is 0 Å². The van der Waals surface area contributed by atoms with Crippen LogP contribution in [0, 0.1) is 0 Å². The number of benzene rings is 1. The number of hydrogen-bond donors (Lipinski definition) is 4. The molecule has 0 fully saturated rings. The molecule has 0 amide bonds. The molecule has 0 heterocycles. The molecule has 0 radical (unpaired) electrons. The van der Waals surface area contributed by atoms with Crippen LogP contribution in [0.4, 0.5) is 0 Å². The van der Waals surface area contributed by atoms with Gasteiger partial charge < -0.3 is 20.4 Å². The molecule has 1 aromatic carbocycles. The van der Waals surface area contributed by atoms with Crippen LogP contribution in [0.15, 0.2) is 53.1 Å². The third kappa shape index (κ3) is 12.0. The fourth-order valence-corrected chi connectivity index (χ4v) is 3.71. The fourth-order valence-electron chi connectivity index (χ4n) is 3.71. The smallest absolute Gasteiger partial charge is 0.335 e. The first-order chi connectivity index (χ1) is 16.8. The molecule has 7 nitrogen and oxygen atoms in total. The number of carbonyl (C=O) groups is 3. The van der Waals surface area contributed by atoms with Crippen molar-refractivity contribution in [2.75, 3.05) is 0 Å². The number of carbonyl (C=O) groups excluding carboxylic acids is 1. The SMILES string of the molecule is C/C(=C/CC(=O)O)CCC[C@@](C)(O)C(=O)CC/C(C)=C/CC/C(C)=C/Cc1cc(C(=O)O)ccc1O.